The number of nitrogens with zero attached hydrogens (tertiary/aromatic N) is 1. The highest BCUT2D eigenvalue weighted by atomic mass is 35.5. The van der Waals surface area contributed by atoms with Gasteiger partial charge in [0.15, 0.2) is 0 Å². The molecule has 0 unspecified atom stereocenters. The average Bonchev–Trinajstić information content (AvgIpc) is 3.15. The van der Waals surface area contributed by atoms with Crippen molar-refractivity contribution in [2.75, 3.05) is 30.4 Å². The molecule has 1 aliphatic heterocycles. The van der Waals surface area contributed by atoms with E-state index in [9.17, 15) is 4.79 Å². The highest BCUT2D eigenvalue weighted by Crippen LogP contribution is 2.33. The van der Waals surface area contributed by atoms with Gasteiger partial charge in [0.05, 0.1) is 12.1 Å². The zero-order valence-corrected chi connectivity index (χ0v) is 16.0. The van der Waals surface area contributed by atoms with E-state index in [0.717, 1.165) is 18.8 Å². The summed E-state index contributed by atoms with van der Waals surface area (Å²) < 4.78 is 5.27. The maximum Gasteiger partial charge on any atom is 0.248 e. The average molecular weight is 391 g/mol. The molecule has 0 spiro atoms. The normalized spacial score (nSPS) is 14.0. The number of carbonyl (C=O) groups is 1. The van der Waals surface area contributed by atoms with Crippen LogP contribution in [0, 0.1) is 0 Å². The summed E-state index contributed by atoms with van der Waals surface area (Å²) in [4.78, 5) is 14.5. The fraction of sp³-hybridized carbons (Fsp3) is 0.250. The molecule has 26 heavy (non-hydrogen) atoms. The first kappa shape index (κ1) is 18.6. The van der Waals surface area contributed by atoms with Gasteiger partial charge in [0.1, 0.15) is 5.75 Å². The standard InChI is InChI=1S/C20H20Cl2N2O2/c1-26-20-14(12-15(21)13-18(20)22)4-9-19(25)23-16-5-7-17(8-6-16)24-10-2-3-11-24/h4-9,12-13H,2-3,10-11H2,1H3,(H,23,25)/b9-4+. The summed E-state index contributed by atoms with van der Waals surface area (Å²) >= 11 is 12.1. The summed E-state index contributed by atoms with van der Waals surface area (Å²) in [6, 6.07) is 11.2. The third kappa shape index (κ3) is 4.51. The lowest BCUT2D eigenvalue weighted by molar-refractivity contribution is -0.111. The van der Waals surface area contributed by atoms with Gasteiger partial charge in [-0.05, 0) is 55.3 Å². The molecule has 1 aliphatic rings. The molecule has 1 N–H and O–H groups in total. The van der Waals surface area contributed by atoms with Gasteiger partial charge in [-0.15, -0.1) is 0 Å². The Labute approximate surface area is 163 Å². The van der Waals surface area contributed by atoms with Gasteiger partial charge in [0, 0.05) is 41.1 Å². The van der Waals surface area contributed by atoms with E-state index in [1.54, 1.807) is 18.2 Å². The highest BCUT2D eigenvalue weighted by molar-refractivity contribution is 6.36. The van der Waals surface area contributed by atoms with Crippen LogP contribution >= 0.6 is 23.2 Å². The molecule has 2 aromatic carbocycles. The Morgan fingerprint density at radius 2 is 1.85 bits per heavy atom. The largest absolute Gasteiger partial charge is 0.495 e. The van der Waals surface area contributed by atoms with E-state index in [-0.39, 0.29) is 5.91 Å². The Kier molecular flexibility index (Phi) is 6.07. The van der Waals surface area contributed by atoms with Crippen LogP contribution in [0.1, 0.15) is 18.4 Å². The van der Waals surface area contributed by atoms with Gasteiger partial charge in [0.2, 0.25) is 5.91 Å². The van der Waals surface area contributed by atoms with Crippen LogP contribution in [0.25, 0.3) is 6.08 Å². The summed E-state index contributed by atoms with van der Waals surface area (Å²) in [5.74, 6) is 0.243. The number of amides is 1. The molecule has 1 heterocycles. The van der Waals surface area contributed by atoms with Crippen molar-refractivity contribution in [1.29, 1.82) is 0 Å². The van der Waals surface area contributed by atoms with E-state index in [4.69, 9.17) is 27.9 Å². The summed E-state index contributed by atoms with van der Waals surface area (Å²) in [5, 5.41) is 3.73. The molecule has 0 bridgehead atoms. The van der Waals surface area contributed by atoms with Gasteiger partial charge >= 0.3 is 0 Å². The van der Waals surface area contributed by atoms with Crippen LogP contribution in [0.15, 0.2) is 42.5 Å². The fourth-order valence-corrected chi connectivity index (χ4v) is 3.59. The molecule has 0 radical (unpaired) electrons. The highest BCUT2D eigenvalue weighted by Gasteiger charge is 2.12. The molecule has 1 saturated heterocycles. The van der Waals surface area contributed by atoms with Crippen molar-refractivity contribution < 1.29 is 9.53 Å². The van der Waals surface area contributed by atoms with E-state index in [2.05, 4.69) is 10.2 Å². The van der Waals surface area contributed by atoms with Crippen LogP contribution in [-0.2, 0) is 4.79 Å². The minimum absolute atomic E-state index is 0.239. The number of benzene rings is 2. The Morgan fingerprint density at radius 1 is 1.15 bits per heavy atom. The van der Waals surface area contributed by atoms with Crippen molar-refractivity contribution in [3.63, 3.8) is 0 Å². The Bertz CT molecular complexity index is 813. The van der Waals surface area contributed by atoms with Gasteiger partial charge in [-0.25, -0.2) is 0 Å². The van der Waals surface area contributed by atoms with Crippen LogP contribution in [0.2, 0.25) is 10.0 Å². The third-order valence-electron chi connectivity index (χ3n) is 4.26. The lowest BCUT2D eigenvalue weighted by Crippen LogP contribution is -2.17. The molecule has 3 rings (SSSR count). The molecule has 1 amide bonds. The zero-order chi connectivity index (χ0) is 18.5. The predicted octanol–water partition coefficient (Wildman–Crippen LogP) is 5.25. The Morgan fingerprint density at radius 3 is 2.50 bits per heavy atom. The molecule has 2 aromatic rings. The first-order valence-corrected chi connectivity index (χ1v) is 9.19. The predicted molar refractivity (Wildman–Crippen MR) is 109 cm³/mol. The summed E-state index contributed by atoms with van der Waals surface area (Å²) in [6.45, 7) is 2.19. The number of ether oxygens (including phenoxy) is 1. The second-order valence-electron chi connectivity index (χ2n) is 6.07. The molecular weight excluding hydrogens is 371 g/mol. The summed E-state index contributed by atoms with van der Waals surface area (Å²) in [5.41, 5.74) is 2.58. The van der Waals surface area contributed by atoms with Crippen LogP contribution in [0.3, 0.4) is 0 Å². The quantitative estimate of drug-likeness (QED) is 0.708. The van der Waals surface area contributed by atoms with Gasteiger partial charge in [0.25, 0.3) is 0 Å². The fourth-order valence-electron chi connectivity index (χ4n) is 3.00. The first-order chi connectivity index (χ1) is 12.6. The number of carbonyl (C=O) groups excluding carboxylic acids is 1. The van der Waals surface area contributed by atoms with Crippen molar-refractivity contribution in [3.8, 4) is 5.75 Å². The number of rotatable bonds is 5. The molecule has 1 fully saturated rings. The maximum absolute atomic E-state index is 12.2. The van der Waals surface area contributed by atoms with E-state index in [1.807, 2.05) is 24.3 Å². The minimum Gasteiger partial charge on any atom is -0.495 e. The van der Waals surface area contributed by atoms with Crippen molar-refractivity contribution in [1.82, 2.24) is 0 Å². The molecule has 136 valence electrons. The van der Waals surface area contributed by atoms with Gasteiger partial charge in [-0.2, -0.15) is 0 Å². The van der Waals surface area contributed by atoms with E-state index in [1.165, 1.54) is 31.7 Å². The van der Waals surface area contributed by atoms with Crippen molar-refractivity contribution in [3.05, 3.63) is 58.1 Å². The number of hydrogen-bond donors (Lipinski definition) is 1. The summed E-state index contributed by atoms with van der Waals surface area (Å²) in [7, 11) is 1.52. The molecule has 0 aromatic heterocycles. The van der Waals surface area contributed by atoms with Gasteiger partial charge in [-0.3, -0.25) is 4.79 Å². The van der Waals surface area contributed by atoms with Crippen molar-refractivity contribution in [2.45, 2.75) is 12.8 Å². The number of methoxy groups -OCH3 is 1. The third-order valence-corrected chi connectivity index (χ3v) is 4.76. The number of nitrogens with one attached hydrogen (secondary N) is 1. The number of halogens is 2. The van der Waals surface area contributed by atoms with Crippen LogP contribution < -0.4 is 15.0 Å². The van der Waals surface area contributed by atoms with Crippen LogP contribution in [-0.4, -0.2) is 26.1 Å². The Balaban J connectivity index is 1.66. The molecule has 6 heteroatoms. The SMILES string of the molecule is COc1c(Cl)cc(Cl)cc1/C=C/C(=O)Nc1ccc(N2CCCC2)cc1. The monoisotopic (exact) mass is 390 g/mol. The van der Waals surface area contributed by atoms with E-state index in [0.29, 0.717) is 21.4 Å². The second-order valence-corrected chi connectivity index (χ2v) is 6.92. The molecule has 0 atom stereocenters. The smallest absolute Gasteiger partial charge is 0.248 e. The van der Waals surface area contributed by atoms with E-state index >= 15 is 0 Å². The van der Waals surface area contributed by atoms with Crippen molar-refractivity contribution >= 4 is 46.6 Å². The van der Waals surface area contributed by atoms with Crippen LogP contribution in [0.5, 0.6) is 5.75 Å². The van der Waals surface area contributed by atoms with Gasteiger partial charge in [-0.1, -0.05) is 23.2 Å². The first-order valence-electron chi connectivity index (χ1n) is 8.44. The topological polar surface area (TPSA) is 41.6 Å². The molecule has 0 saturated carbocycles. The second kappa shape index (κ2) is 8.47. The zero-order valence-electron chi connectivity index (χ0n) is 14.5. The molecular formula is C20H20Cl2N2O2. The molecule has 0 aliphatic carbocycles. The minimum atomic E-state index is -0.239. The lowest BCUT2D eigenvalue weighted by Gasteiger charge is -2.17. The van der Waals surface area contributed by atoms with Gasteiger partial charge < -0.3 is 15.0 Å². The number of anilines is 2. The summed E-state index contributed by atoms with van der Waals surface area (Å²) in [6.07, 6.45) is 5.53. The Hall–Kier alpha value is -2.17. The van der Waals surface area contributed by atoms with Crippen molar-refractivity contribution in [2.24, 2.45) is 0 Å². The van der Waals surface area contributed by atoms with E-state index < -0.39 is 0 Å². The number of hydrogen-bond acceptors (Lipinski definition) is 3. The van der Waals surface area contributed by atoms with Crippen LogP contribution in [0.4, 0.5) is 11.4 Å². The molecule has 4 nitrogen and oxygen atoms in total. The maximum atomic E-state index is 12.2. The lowest BCUT2D eigenvalue weighted by atomic mass is 10.2.